The molecular formula is C22H23F3N4O4S. The van der Waals surface area contributed by atoms with Crippen molar-refractivity contribution in [3.05, 3.63) is 60.4 Å². The second kappa shape index (κ2) is 13.3. The molecule has 0 saturated heterocycles. The number of nitrogens with zero attached hydrogens (tertiary/aromatic N) is 1. The van der Waals surface area contributed by atoms with Crippen LogP contribution in [-0.2, 0) is 14.4 Å². The minimum absolute atomic E-state index is 0.109. The fourth-order valence-corrected chi connectivity index (χ4v) is 3.53. The lowest BCUT2D eigenvalue weighted by molar-refractivity contribution is -0.167. The Morgan fingerprint density at radius 3 is 2.41 bits per heavy atom. The third kappa shape index (κ3) is 9.61. The number of rotatable bonds is 12. The molecule has 3 amide bonds. The number of thioether (sulfide) groups is 1. The van der Waals surface area contributed by atoms with Crippen LogP contribution in [0, 0.1) is 0 Å². The van der Waals surface area contributed by atoms with Gasteiger partial charge in [-0.1, -0.05) is 18.2 Å². The average Bonchev–Trinajstić information content (AvgIpc) is 2.82. The van der Waals surface area contributed by atoms with E-state index in [1.807, 2.05) is 0 Å². The topological polar surface area (TPSA) is 117 Å². The number of benzene rings is 1. The third-order valence-electron chi connectivity index (χ3n) is 4.36. The number of hydrogen-bond acceptors (Lipinski definition) is 6. The molecule has 1 aromatic heterocycles. The number of Topliss-reactive ketones (excluding diaryl/α,β-unsaturated/α-hetero) is 1. The summed E-state index contributed by atoms with van der Waals surface area (Å²) in [5.41, 5.74) is 0.765. The van der Waals surface area contributed by atoms with Gasteiger partial charge in [0.15, 0.2) is 0 Å². The SMILES string of the molecule is O=C(CNC(=O)c1ccccc1)N[C@@H](CCCSCC(=O)C(F)(F)F)C(=O)Nc1cccnc1. The fraction of sp³-hybridized carbons (Fsp3) is 0.318. The van der Waals surface area contributed by atoms with Crippen molar-refractivity contribution in [3.63, 3.8) is 0 Å². The summed E-state index contributed by atoms with van der Waals surface area (Å²) in [5.74, 6) is -3.99. The maximum atomic E-state index is 12.7. The van der Waals surface area contributed by atoms with Gasteiger partial charge in [-0.25, -0.2) is 0 Å². The maximum absolute atomic E-state index is 12.7. The Kier molecular flexibility index (Phi) is 10.5. The second-order valence-electron chi connectivity index (χ2n) is 7.02. The predicted octanol–water partition coefficient (Wildman–Crippen LogP) is 2.58. The van der Waals surface area contributed by atoms with Crippen molar-refractivity contribution in [2.45, 2.75) is 25.1 Å². The van der Waals surface area contributed by atoms with Crippen LogP contribution in [0.3, 0.4) is 0 Å². The van der Waals surface area contributed by atoms with Gasteiger partial charge in [-0.3, -0.25) is 24.2 Å². The highest BCUT2D eigenvalue weighted by Gasteiger charge is 2.37. The summed E-state index contributed by atoms with van der Waals surface area (Å²) in [4.78, 5) is 51.9. The standard InChI is InChI=1S/C22H23F3N4O4S/c23-22(24,25)18(30)14-34-11-5-9-17(21(33)28-16-8-4-10-26-12-16)29-19(31)13-27-20(32)15-6-2-1-3-7-15/h1-4,6-8,10,12,17H,5,9,11,13-14H2,(H,27,32)(H,28,33)(H,29,31)/t17-/m0/s1. The Balaban J connectivity index is 1.89. The lowest BCUT2D eigenvalue weighted by atomic mass is 10.1. The van der Waals surface area contributed by atoms with Crippen molar-refractivity contribution < 1.29 is 32.3 Å². The Morgan fingerprint density at radius 2 is 1.76 bits per heavy atom. The summed E-state index contributed by atoms with van der Waals surface area (Å²) in [5, 5.41) is 7.58. The molecule has 0 radical (unpaired) electrons. The highest BCUT2D eigenvalue weighted by molar-refractivity contribution is 7.99. The number of hydrogen-bond donors (Lipinski definition) is 3. The van der Waals surface area contributed by atoms with E-state index in [4.69, 9.17) is 0 Å². The van der Waals surface area contributed by atoms with Crippen LogP contribution in [0.15, 0.2) is 54.9 Å². The van der Waals surface area contributed by atoms with E-state index in [1.165, 1.54) is 12.4 Å². The third-order valence-corrected chi connectivity index (χ3v) is 5.40. The van der Waals surface area contributed by atoms with E-state index in [0.717, 1.165) is 11.8 Å². The molecular weight excluding hydrogens is 473 g/mol. The van der Waals surface area contributed by atoms with Gasteiger partial charge in [-0.05, 0) is 42.9 Å². The number of pyridine rings is 1. The molecule has 0 aliphatic heterocycles. The van der Waals surface area contributed by atoms with Gasteiger partial charge < -0.3 is 16.0 Å². The number of carbonyl (C=O) groups is 4. The van der Waals surface area contributed by atoms with Crippen LogP contribution in [0.25, 0.3) is 0 Å². The molecule has 2 rings (SSSR count). The van der Waals surface area contributed by atoms with E-state index in [9.17, 15) is 32.3 Å². The molecule has 0 bridgehead atoms. The summed E-state index contributed by atoms with van der Waals surface area (Å²) in [6.07, 6.45) is -1.58. The first-order valence-electron chi connectivity index (χ1n) is 10.2. The van der Waals surface area contributed by atoms with Crippen molar-refractivity contribution in [2.24, 2.45) is 0 Å². The summed E-state index contributed by atoms with van der Waals surface area (Å²) >= 11 is 0.796. The fourth-order valence-electron chi connectivity index (χ4n) is 2.67. The first-order chi connectivity index (χ1) is 16.2. The van der Waals surface area contributed by atoms with E-state index in [-0.39, 0.29) is 25.1 Å². The number of nitrogens with one attached hydrogen (secondary N) is 3. The first kappa shape index (κ1) is 26.8. The van der Waals surface area contributed by atoms with Crippen LogP contribution in [0.5, 0.6) is 0 Å². The Labute approximate surface area is 198 Å². The monoisotopic (exact) mass is 496 g/mol. The lowest BCUT2D eigenvalue weighted by Gasteiger charge is -2.18. The van der Waals surface area contributed by atoms with Crippen LogP contribution in [-0.4, -0.2) is 58.8 Å². The van der Waals surface area contributed by atoms with Gasteiger partial charge in [0.2, 0.25) is 17.6 Å². The van der Waals surface area contributed by atoms with E-state index in [2.05, 4.69) is 20.9 Å². The van der Waals surface area contributed by atoms with Crippen LogP contribution in [0.4, 0.5) is 18.9 Å². The van der Waals surface area contributed by atoms with Gasteiger partial charge in [0.05, 0.1) is 24.2 Å². The predicted molar refractivity (Wildman–Crippen MR) is 121 cm³/mol. The molecule has 1 atom stereocenters. The molecule has 8 nitrogen and oxygen atoms in total. The molecule has 12 heteroatoms. The molecule has 0 spiro atoms. The molecule has 1 heterocycles. The van der Waals surface area contributed by atoms with Gasteiger partial charge in [0, 0.05) is 11.8 Å². The van der Waals surface area contributed by atoms with Gasteiger partial charge >= 0.3 is 6.18 Å². The van der Waals surface area contributed by atoms with Crippen LogP contribution in [0.2, 0.25) is 0 Å². The molecule has 182 valence electrons. The van der Waals surface area contributed by atoms with Crippen molar-refractivity contribution >= 4 is 41.0 Å². The zero-order valence-corrected chi connectivity index (χ0v) is 18.7. The molecule has 2 aromatic rings. The lowest BCUT2D eigenvalue weighted by Crippen LogP contribution is -2.47. The molecule has 3 N–H and O–H groups in total. The quantitative estimate of drug-likeness (QED) is 0.389. The van der Waals surface area contributed by atoms with Gasteiger partial charge in [-0.2, -0.15) is 24.9 Å². The number of alkyl halides is 3. The molecule has 1 aromatic carbocycles. The zero-order chi connectivity index (χ0) is 25.0. The number of amides is 3. The maximum Gasteiger partial charge on any atom is 0.450 e. The number of ketones is 1. The normalized spacial score (nSPS) is 11.9. The van der Waals surface area contributed by atoms with Gasteiger partial charge in [0.1, 0.15) is 6.04 Å². The van der Waals surface area contributed by atoms with Crippen molar-refractivity contribution in [1.82, 2.24) is 15.6 Å². The average molecular weight is 497 g/mol. The van der Waals surface area contributed by atoms with E-state index < -0.39 is 41.5 Å². The van der Waals surface area contributed by atoms with Crippen molar-refractivity contribution in [2.75, 3.05) is 23.4 Å². The molecule has 34 heavy (non-hydrogen) atoms. The first-order valence-corrected chi connectivity index (χ1v) is 11.3. The number of halogens is 3. The zero-order valence-electron chi connectivity index (χ0n) is 17.9. The summed E-state index contributed by atoms with van der Waals surface area (Å²) in [6.45, 7) is -0.376. The Hall–Kier alpha value is -3.41. The van der Waals surface area contributed by atoms with Gasteiger partial charge in [0.25, 0.3) is 5.91 Å². The minimum atomic E-state index is -4.88. The summed E-state index contributed by atoms with van der Waals surface area (Å²) < 4.78 is 36.8. The highest BCUT2D eigenvalue weighted by atomic mass is 32.2. The Morgan fingerprint density at radius 1 is 1.03 bits per heavy atom. The summed E-state index contributed by atoms with van der Waals surface area (Å²) in [6, 6.07) is 10.4. The molecule has 0 unspecified atom stereocenters. The molecule has 0 aliphatic carbocycles. The molecule has 0 saturated carbocycles. The van der Waals surface area contributed by atoms with Crippen LogP contribution < -0.4 is 16.0 Å². The van der Waals surface area contributed by atoms with Gasteiger partial charge in [-0.15, -0.1) is 0 Å². The molecule has 0 fully saturated rings. The van der Waals surface area contributed by atoms with Crippen molar-refractivity contribution in [3.8, 4) is 0 Å². The van der Waals surface area contributed by atoms with E-state index >= 15 is 0 Å². The smallest absolute Gasteiger partial charge is 0.343 e. The number of aromatic nitrogens is 1. The largest absolute Gasteiger partial charge is 0.450 e. The van der Waals surface area contributed by atoms with Crippen LogP contribution >= 0.6 is 11.8 Å². The van der Waals surface area contributed by atoms with Crippen LogP contribution in [0.1, 0.15) is 23.2 Å². The number of carbonyl (C=O) groups excluding carboxylic acids is 4. The van der Waals surface area contributed by atoms with Crippen molar-refractivity contribution in [1.29, 1.82) is 0 Å². The van der Waals surface area contributed by atoms with E-state index in [0.29, 0.717) is 11.3 Å². The van der Waals surface area contributed by atoms with E-state index in [1.54, 1.807) is 42.5 Å². The Bertz CT molecular complexity index is 975. The minimum Gasteiger partial charge on any atom is -0.343 e. The summed E-state index contributed by atoms with van der Waals surface area (Å²) in [7, 11) is 0. The number of anilines is 1. The highest BCUT2D eigenvalue weighted by Crippen LogP contribution is 2.19. The molecule has 0 aliphatic rings. The second-order valence-corrected chi connectivity index (χ2v) is 8.12.